The third-order valence-electron chi connectivity index (χ3n) is 3.84. The summed E-state index contributed by atoms with van der Waals surface area (Å²) in [4.78, 5) is 4.15. The number of nitrogens with zero attached hydrogens (tertiary/aromatic N) is 5. The number of rotatable bonds is 4. The highest BCUT2D eigenvalue weighted by atomic mass is 15.4. The van der Waals surface area contributed by atoms with Crippen molar-refractivity contribution < 1.29 is 0 Å². The van der Waals surface area contributed by atoms with Crippen LogP contribution in [0.2, 0.25) is 0 Å². The van der Waals surface area contributed by atoms with Crippen LogP contribution in [-0.4, -0.2) is 24.8 Å². The number of fused-ring (bicyclic) bond motifs is 1. The quantitative estimate of drug-likeness (QED) is 0.626. The van der Waals surface area contributed by atoms with Crippen molar-refractivity contribution in [1.82, 2.24) is 24.8 Å². The molecule has 0 aliphatic heterocycles. The third kappa shape index (κ3) is 2.81. The van der Waals surface area contributed by atoms with Gasteiger partial charge < -0.3 is 5.32 Å². The van der Waals surface area contributed by atoms with E-state index in [-0.39, 0.29) is 0 Å². The molecule has 0 atom stereocenters. The number of aromatic nitrogens is 5. The van der Waals surface area contributed by atoms with Gasteiger partial charge in [-0.2, -0.15) is 4.52 Å². The van der Waals surface area contributed by atoms with E-state index >= 15 is 0 Å². The lowest BCUT2D eigenvalue weighted by atomic mass is 10.1. The summed E-state index contributed by atoms with van der Waals surface area (Å²) in [5, 5.41) is 15.9. The Bertz CT molecular complexity index is 960. The molecule has 1 aromatic carbocycles. The first-order valence-corrected chi connectivity index (χ1v) is 7.72. The third-order valence-corrected chi connectivity index (χ3v) is 3.84. The molecule has 0 spiro atoms. The van der Waals surface area contributed by atoms with Gasteiger partial charge in [0.25, 0.3) is 0 Å². The molecule has 0 saturated carbocycles. The second-order valence-electron chi connectivity index (χ2n) is 5.53. The largest absolute Gasteiger partial charge is 0.365 e. The molecule has 4 rings (SSSR count). The summed E-state index contributed by atoms with van der Waals surface area (Å²) < 4.78 is 1.73. The summed E-state index contributed by atoms with van der Waals surface area (Å²) in [7, 11) is 0. The Morgan fingerprint density at radius 1 is 0.958 bits per heavy atom. The van der Waals surface area contributed by atoms with E-state index in [1.54, 1.807) is 10.7 Å². The number of anilines is 1. The van der Waals surface area contributed by atoms with Crippen molar-refractivity contribution in [3.05, 3.63) is 72.3 Å². The summed E-state index contributed by atoms with van der Waals surface area (Å²) in [5.74, 6) is 1.57. The van der Waals surface area contributed by atoms with Crippen LogP contribution < -0.4 is 5.32 Å². The van der Waals surface area contributed by atoms with Gasteiger partial charge in [-0.15, -0.1) is 15.3 Å². The van der Waals surface area contributed by atoms with Gasteiger partial charge in [0.05, 0.1) is 0 Å². The van der Waals surface area contributed by atoms with Gasteiger partial charge in [0.1, 0.15) is 5.82 Å². The minimum Gasteiger partial charge on any atom is -0.365 e. The number of pyridine rings is 1. The highest BCUT2D eigenvalue weighted by Crippen LogP contribution is 2.18. The minimum atomic E-state index is 0.701. The van der Waals surface area contributed by atoms with Crippen molar-refractivity contribution in [2.75, 3.05) is 5.32 Å². The summed E-state index contributed by atoms with van der Waals surface area (Å²) in [6.07, 6.45) is 3.65. The summed E-state index contributed by atoms with van der Waals surface area (Å²) in [6.45, 7) is 2.58. The number of hydrogen-bond donors (Lipinski definition) is 1. The Hall–Kier alpha value is -3.28. The SMILES string of the molecule is Cc1nnc2ccc(NCc3ccc(-c4cccnc4)cc3)nn12. The Labute approximate surface area is 139 Å². The minimum absolute atomic E-state index is 0.701. The molecule has 3 heterocycles. The molecule has 0 amide bonds. The van der Waals surface area contributed by atoms with Crippen LogP contribution >= 0.6 is 0 Å². The van der Waals surface area contributed by atoms with Crippen LogP contribution in [0.15, 0.2) is 60.9 Å². The van der Waals surface area contributed by atoms with Gasteiger partial charge in [-0.25, -0.2) is 0 Å². The maximum absolute atomic E-state index is 4.49. The normalized spacial score (nSPS) is 10.9. The van der Waals surface area contributed by atoms with Crippen LogP contribution in [0.25, 0.3) is 16.8 Å². The lowest BCUT2D eigenvalue weighted by Crippen LogP contribution is -2.04. The van der Waals surface area contributed by atoms with E-state index in [0.717, 1.165) is 28.4 Å². The molecule has 0 bridgehead atoms. The first kappa shape index (κ1) is 14.3. The first-order valence-electron chi connectivity index (χ1n) is 7.72. The van der Waals surface area contributed by atoms with E-state index in [1.807, 2.05) is 31.3 Å². The zero-order valence-electron chi connectivity index (χ0n) is 13.2. The summed E-state index contributed by atoms with van der Waals surface area (Å²) >= 11 is 0. The van der Waals surface area contributed by atoms with Crippen LogP contribution in [0.4, 0.5) is 5.82 Å². The Morgan fingerprint density at radius 2 is 1.83 bits per heavy atom. The van der Waals surface area contributed by atoms with Gasteiger partial charge in [0, 0.05) is 18.9 Å². The second-order valence-corrected chi connectivity index (χ2v) is 5.53. The van der Waals surface area contributed by atoms with Gasteiger partial charge in [-0.3, -0.25) is 4.98 Å². The molecule has 3 aromatic heterocycles. The standard InChI is InChI=1S/C18H16N6/c1-13-21-22-18-9-8-17(23-24(13)18)20-11-14-4-6-15(7-5-14)16-3-2-10-19-12-16/h2-10,12H,11H2,1H3,(H,20,23). The zero-order valence-corrected chi connectivity index (χ0v) is 13.2. The van der Waals surface area contributed by atoms with Crippen molar-refractivity contribution in [1.29, 1.82) is 0 Å². The second kappa shape index (κ2) is 6.08. The molecule has 1 N–H and O–H groups in total. The number of aryl methyl sites for hydroxylation is 1. The van der Waals surface area contributed by atoms with Crippen LogP contribution in [-0.2, 0) is 6.54 Å². The van der Waals surface area contributed by atoms with Crippen LogP contribution in [0.3, 0.4) is 0 Å². The monoisotopic (exact) mass is 316 g/mol. The molecule has 0 radical (unpaired) electrons. The lowest BCUT2D eigenvalue weighted by molar-refractivity contribution is 0.871. The molecule has 118 valence electrons. The van der Waals surface area contributed by atoms with E-state index in [2.05, 4.69) is 55.9 Å². The fraction of sp³-hybridized carbons (Fsp3) is 0.111. The number of benzene rings is 1. The van der Waals surface area contributed by atoms with Crippen LogP contribution in [0, 0.1) is 6.92 Å². The van der Waals surface area contributed by atoms with Crippen molar-refractivity contribution >= 4 is 11.5 Å². The molecule has 6 heteroatoms. The summed E-state index contributed by atoms with van der Waals surface area (Å²) in [6, 6.07) is 16.2. The van der Waals surface area contributed by atoms with Gasteiger partial charge in [0.15, 0.2) is 11.5 Å². The maximum Gasteiger partial charge on any atom is 0.178 e. The van der Waals surface area contributed by atoms with Crippen molar-refractivity contribution in [3.8, 4) is 11.1 Å². The van der Waals surface area contributed by atoms with Crippen LogP contribution in [0.1, 0.15) is 11.4 Å². The van der Waals surface area contributed by atoms with Gasteiger partial charge in [-0.1, -0.05) is 30.3 Å². The average molecular weight is 316 g/mol. The molecule has 0 unspecified atom stereocenters. The topological polar surface area (TPSA) is 68.0 Å². The predicted octanol–water partition coefficient (Wildman–Crippen LogP) is 3.11. The van der Waals surface area contributed by atoms with E-state index < -0.39 is 0 Å². The fourth-order valence-corrected chi connectivity index (χ4v) is 2.53. The molecule has 0 fully saturated rings. The molecular formula is C18H16N6. The fourth-order valence-electron chi connectivity index (χ4n) is 2.53. The van der Waals surface area contributed by atoms with E-state index in [9.17, 15) is 0 Å². The van der Waals surface area contributed by atoms with Crippen molar-refractivity contribution in [3.63, 3.8) is 0 Å². The van der Waals surface area contributed by atoms with Crippen molar-refractivity contribution in [2.45, 2.75) is 13.5 Å². The number of hydrogen-bond acceptors (Lipinski definition) is 5. The summed E-state index contributed by atoms with van der Waals surface area (Å²) in [5.41, 5.74) is 4.21. The Kier molecular flexibility index (Phi) is 3.63. The lowest BCUT2D eigenvalue weighted by Gasteiger charge is -2.07. The van der Waals surface area contributed by atoms with E-state index in [0.29, 0.717) is 6.54 Å². The van der Waals surface area contributed by atoms with E-state index in [4.69, 9.17) is 0 Å². The van der Waals surface area contributed by atoms with Crippen LogP contribution in [0.5, 0.6) is 0 Å². The molecule has 6 nitrogen and oxygen atoms in total. The van der Waals surface area contributed by atoms with Gasteiger partial charge in [-0.05, 0) is 41.8 Å². The van der Waals surface area contributed by atoms with Crippen molar-refractivity contribution in [2.24, 2.45) is 0 Å². The van der Waals surface area contributed by atoms with Gasteiger partial charge >= 0.3 is 0 Å². The zero-order chi connectivity index (χ0) is 16.4. The molecule has 0 aliphatic carbocycles. The van der Waals surface area contributed by atoms with Gasteiger partial charge in [0.2, 0.25) is 0 Å². The first-order chi connectivity index (χ1) is 11.8. The molecular weight excluding hydrogens is 300 g/mol. The maximum atomic E-state index is 4.49. The predicted molar refractivity (Wildman–Crippen MR) is 92.5 cm³/mol. The molecule has 4 aromatic rings. The molecule has 24 heavy (non-hydrogen) atoms. The highest BCUT2D eigenvalue weighted by Gasteiger charge is 2.03. The Balaban J connectivity index is 1.48. The van der Waals surface area contributed by atoms with E-state index in [1.165, 1.54) is 5.56 Å². The smallest absolute Gasteiger partial charge is 0.178 e. The number of nitrogens with one attached hydrogen (secondary N) is 1. The average Bonchev–Trinajstić information content (AvgIpc) is 3.02. The molecule has 0 aliphatic rings. The highest BCUT2D eigenvalue weighted by molar-refractivity contribution is 5.62. The molecule has 0 saturated heterocycles. The Morgan fingerprint density at radius 3 is 2.62 bits per heavy atom.